The summed E-state index contributed by atoms with van der Waals surface area (Å²) in [4.78, 5) is 11.2. The fourth-order valence-electron chi connectivity index (χ4n) is 2.19. The summed E-state index contributed by atoms with van der Waals surface area (Å²) in [5.41, 5.74) is 1.99. The molecule has 104 valence electrons. The van der Waals surface area contributed by atoms with Crippen LogP contribution in [0.25, 0.3) is 0 Å². The standard InChI is InChI=1S/C16H16O3S/c1-20(18,19)15-9-7-14(8-10-15)16(11-12-17)13-5-3-2-4-6-13/h2-10,12,16H,11H2,1H3/t16-/m0/s1. The normalized spacial score (nSPS) is 12.8. The Balaban J connectivity index is 2.38. The molecule has 4 heteroatoms. The monoisotopic (exact) mass is 288 g/mol. The van der Waals surface area contributed by atoms with Crippen molar-refractivity contribution in [2.45, 2.75) is 17.2 Å². The van der Waals surface area contributed by atoms with Gasteiger partial charge in [-0.25, -0.2) is 8.42 Å². The summed E-state index contributed by atoms with van der Waals surface area (Å²) in [7, 11) is -3.19. The molecule has 0 saturated carbocycles. The molecule has 0 bridgehead atoms. The van der Waals surface area contributed by atoms with Gasteiger partial charge >= 0.3 is 0 Å². The lowest BCUT2D eigenvalue weighted by atomic mass is 9.89. The Hall–Kier alpha value is -1.94. The average molecular weight is 288 g/mol. The van der Waals surface area contributed by atoms with E-state index < -0.39 is 9.84 Å². The molecule has 2 rings (SSSR count). The smallest absolute Gasteiger partial charge is 0.175 e. The van der Waals surface area contributed by atoms with Gasteiger partial charge in [0.1, 0.15) is 6.29 Å². The zero-order valence-corrected chi connectivity index (χ0v) is 12.0. The first kappa shape index (κ1) is 14.5. The predicted molar refractivity (Wildman–Crippen MR) is 78.5 cm³/mol. The van der Waals surface area contributed by atoms with E-state index in [9.17, 15) is 13.2 Å². The van der Waals surface area contributed by atoms with Gasteiger partial charge in [-0.3, -0.25) is 0 Å². The number of carbonyl (C=O) groups is 1. The number of aldehydes is 1. The summed E-state index contributed by atoms with van der Waals surface area (Å²) < 4.78 is 22.9. The quantitative estimate of drug-likeness (QED) is 0.795. The molecule has 0 amide bonds. The number of hydrogen-bond acceptors (Lipinski definition) is 3. The van der Waals surface area contributed by atoms with Crippen LogP contribution in [0.15, 0.2) is 59.5 Å². The van der Waals surface area contributed by atoms with E-state index in [0.717, 1.165) is 17.4 Å². The Morgan fingerprint density at radius 2 is 1.50 bits per heavy atom. The van der Waals surface area contributed by atoms with Crippen LogP contribution in [-0.4, -0.2) is 21.0 Å². The van der Waals surface area contributed by atoms with Gasteiger partial charge in [0, 0.05) is 18.6 Å². The minimum atomic E-state index is -3.19. The maximum absolute atomic E-state index is 11.5. The Bertz CT molecular complexity index is 673. The summed E-state index contributed by atoms with van der Waals surface area (Å²) in [6.45, 7) is 0. The molecule has 0 heterocycles. The van der Waals surface area contributed by atoms with Crippen molar-refractivity contribution >= 4 is 16.1 Å². The SMILES string of the molecule is CS(=O)(=O)c1ccc([C@@H](CC=O)c2ccccc2)cc1. The van der Waals surface area contributed by atoms with Crippen LogP contribution in [0, 0.1) is 0 Å². The number of carbonyl (C=O) groups excluding carboxylic acids is 1. The topological polar surface area (TPSA) is 51.2 Å². The van der Waals surface area contributed by atoms with Crippen LogP contribution in [0.3, 0.4) is 0 Å². The fraction of sp³-hybridized carbons (Fsp3) is 0.188. The number of hydrogen-bond donors (Lipinski definition) is 0. The molecule has 0 spiro atoms. The summed E-state index contributed by atoms with van der Waals surface area (Å²) >= 11 is 0. The molecule has 20 heavy (non-hydrogen) atoms. The van der Waals surface area contributed by atoms with Gasteiger partial charge in [0.05, 0.1) is 4.90 Å². The van der Waals surface area contributed by atoms with Gasteiger partial charge in [0.2, 0.25) is 0 Å². The minimum Gasteiger partial charge on any atom is -0.303 e. The van der Waals surface area contributed by atoms with Crippen LogP contribution in [-0.2, 0) is 14.6 Å². The first-order valence-corrected chi connectivity index (χ1v) is 8.20. The average Bonchev–Trinajstić information content (AvgIpc) is 2.45. The molecule has 0 radical (unpaired) electrons. The summed E-state index contributed by atoms with van der Waals surface area (Å²) in [6.07, 6.45) is 2.45. The molecule has 0 aliphatic carbocycles. The van der Waals surface area contributed by atoms with Gasteiger partial charge in [-0.2, -0.15) is 0 Å². The van der Waals surface area contributed by atoms with Crippen molar-refractivity contribution in [3.63, 3.8) is 0 Å². The van der Waals surface area contributed by atoms with Crippen molar-refractivity contribution in [2.24, 2.45) is 0 Å². The molecule has 0 fully saturated rings. The van der Waals surface area contributed by atoms with E-state index >= 15 is 0 Å². The first-order chi connectivity index (χ1) is 9.52. The van der Waals surface area contributed by atoms with E-state index in [1.165, 1.54) is 6.26 Å². The molecule has 0 unspecified atom stereocenters. The predicted octanol–water partition coefficient (Wildman–Crippen LogP) is 2.81. The fourth-order valence-corrected chi connectivity index (χ4v) is 2.82. The molecular formula is C16H16O3S. The molecular weight excluding hydrogens is 272 g/mol. The van der Waals surface area contributed by atoms with Crippen LogP contribution in [0.2, 0.25) is 0 Å². The summed E-state index contributed by atoms with van der Waals surface area (Å²) in [6, 6.07) is 16.5. The van der Waals surface area contributed by atoms with Crippen molar-refractivity contribution < 1.29 is 13.2 Å². The lowest BCUT2D eigenvalue weighted by Gasteiger charge is -2.15. The zero-order chi connectivity index (χ0) is 14.6. The van der Waals surface area contributed by atoms with E-state index in [4.69, 9.17) is 0 Å². The van der Waals surface area contributed by atoms with Crippen molar-refractivity contribution in [1.82, 2.24) is 0 Å². The third kappa shape index (κ3) is 3.33. The minimum absolute atomic E-state index is 0.0395. The second-order valence-corrected chi connectivity index (χ2v) is 6.72. The van der Waals surface area contributed by atoms with Gasteiger partial charge in [0.15, 0.2) is 9.84 Å². The molecule has 0 aliphatic rings. The van der Waals surface area contributed by atoms with Crippen molar-refractivity contribution in [1.29, 1.82) is 0 Å². The molecule has 3 nitrogen and oxygen atoms in total. The van der Waals surface area contributed by atoms with Crippen molar-refractivity contribution in [3.05, 3.63) is 65.7 Å². The van der Waals surface area contributed by atoms with E-state index in [0.29, 0.717) is 11.3 Å². The second kappa shape index (κ2) is 6.01. The number of benzene rings is 2. The third-order valence-electron chi connectivity index (χ3n) is 3.24. The highest BCUT2D eigenvalue weighted by Crippen LogP contribution is 2.27. The molecule has 2 aromatic rings. The highest BCUT2D eigenvalue weighted by Gasteiger charge is 2.14. The highest BCUT2D eigenvalue weighted by molar-refractivity contribution is 7.90. The van der Waals surface area contributed by atoms with Crippen LogP contribution in [0.4, 0.5) is 0 Å². The molecule has 0 N–H and O–H groups in total. The lowest BCUT2D eigenvalue weighted by molar-refractivity contribution is -0.108. The van der Waals surface area contributed by atoms with Gasteiger partial charge in [-0.15, -0.1) is 0 Å². The van der Waals surface area contributed by atoms with Gasteiger partial charge in [0.25, 0.3) is 0 Å². The van der Waals surface area contributed by atoms with Crippen LogP contribution >= 0.6 is 0 Å². The Morgan fingerprint density at radius 3 is 2.00 bits per heavy atom. The Morgan fingerprint density at radius 1 is 0.950 bits per heavy atom. The van der Waals surface area contributed by atoms with E-state index in [2.05, 4.69) is 0 Å². The van der Waals surface area contributed by atoms with Gasteiger partial charge in [-0.05, 0) is 23.3 Å². The molecule has 0 aliphatic heterocycles. The van der Waals surface area contributed by atoms with Crippen LogP contribution in [0.5, 0.6) is 0 Å². The molecule has 2 aromatic carbocycles. The lowest BCUT2D eigenvalue weighted by Crippen LogP contribution is -2.03. The van der Waals surface area contributed by atoms with Crippen molar-refractivity contribution in [3.8, 4) is 0 Å². The second-order valence-electron chi connectivity index (χ2n) is 4.71. The van der Waals surface area contributed by atoms with E-state index in [1.54, 1.807) is 24.3 Å². The largest absolute Gasteiger partial charge is 0.303 e. The highest BCUT2D eigenvalue weighted by atomic mass is 32.2. The third-order valence-corrected chi connectivity index (χ3v) is 4.37. The van der Waals surface area contributed by atoms with E-state index in [-0.39, 0.29) is 5.92 Å². The molecule has 1 atom stereocenters. The van der Waals surface area contributed by atoms with Crippen LogP contribution in [0.1, 0.15) is 23.5 Å². The summed E-state index contributed by atoms with van der Waals surface area (Å²) in [5, 5.41) is 0. The maximum Gasteiger partial charge on any atom is 0.175 e. The van der Waals surface area contributed by atoms with Crippen LogP contribution < -0.4 is 0 Å². The van der Waals surface area contributed by atoms with Gasteiger partial charge in [-0.1, -0.05) is 42.5 Å². The Labute approximate surface area is 119 Å². The van der Waals surface area contributed by atoms with E-state index in [1.807, 2.05) is 30.3 Å². The maximum atomic E-state index is 11.5. The molecule has 0 saturated heterocycles. The summed E-state index contributed by atoms with van der Waals surface area (Å²) in [5.74, 6) is -0.0395. The van der Waals surface area contributed by atoms with Gasteiger partial charge < -0.3 is 4.79 Å². The number of rotatable bonds is 5. The Kier molecular flexibility index (Phi) is 4.35. The molecule has 0 aromatic heterocycles. The zero-order valence-electron chi connectivity index (χ0n) is 11.2. The number of sulfone groups is 1. The first-order valence-electron chi connectivity index (χ1n) is 6.31. The van der Waals surface area contributed by atoms with Crippen molar-refractivity contribution in [2.75, 3.05) is 6.26 Å².